The van der Waals surface area contributed by atoms with Crippen molar-refractivity contribution >= 4 is 21.8 Å². The van der Waals surface area contributed by atoms with Gasteiger partial charge in [0.2, 0.25) is 0 Å². The molecular weight excluding hydrogens is 308 g/mol. The maximum atomic E-state index is 12.2. The first kappa shape index (κ1) is 13.9. The first-order chi connectivity index (χ1) is 9.15. The van der Waals surface area contributed by atoms with Gasteiger partial charge in [0.1, 0.15) is 5.75 Å². The summed E-state index contributed by atoms with van der Waals surface area (Å²) in [6.45, 7) is 0. The number of nitrogens with zero attached hydrogens (tertiary/aromatic N) is 1. The summed E-state index contributed by atoms with van der Waals surface area (Å²) in [7, 11) is 1.53. The van der Waals surface area contributed by atoms with Gasteiger partial charge in [-0.3, -0.25) is 4.79 Å². The highest BCUT2D eigenvalue weighted by molar-refractivity contribution is 9.10. The summed E-state index contributed by atoms with van der Waals surface area (Å²) in [4.78, 5) is 12.2. The van der Waals surface area contributed by atoms with Crippen LogP contribution in [0.2, 0.25) is 0 Å². The Balaban J connectivity index is 2.14. The highest BCUT2D eigenvalue weighted by Crippen LogP contribution is 2.27. The average molecular weight is 323 g/mol. The molecule has 1 aromatic carbocycles. The third-order valence-electron chi connectivity index (χ3n) is 3.41. The third-order valence-corrected chi connectivity index (χ3v) is 3.90. The average Bonchev–Trinajstić information content (AvgIpc) is 2.85. The maximum Gasteiger partial charge on any atom is 0.255 e. The van der Waals surface area contributed by atoms with Crippen LogP contribution in [-0.4, -0.2) is 19.1 Å². The minimum atomic E-state index is -0.184. The lowest BCUT2D eigenvalue weighted by Crippen LogP contribution is -2.37. The zero-order chi connectivity index (χ0) is 13.8. The van der Waals surface area contributed by atoms with E-state index in [1.165, 1.54) is 7.11 Å². The molecule has 2 atom stereocenters. The fourth-order valence-electron chi connectivity index (χ4n) is 2.39. The van der Waals surface area contributed by atoms with E-state index in [0.717, 1.165) is 23.7 Å². The van der Waals surface area contributed by atoms with E-state index < -0.39 is 0 Å². The molecule has 19 heavy (non-hydrogen) atoms. The number of nitriles is 1. The molecule has 0 aliphatic heterocycles. The van der Waals surface area contributed by atoms with Gasteiger partial charge in [-0.25, -0.2) is 0 Å². The molecule has 1 amide bonds. The summed E-state index contributed by atoms with van der Waals surface area (Å²) in [6.07, 6.45) is 2.71. The van der Waals surface area contributed by atoms with E-state index in [-0.39, 0.29) is 17.9 Å². The number of ether oxygens (including phenoxy) is 1. The minimum absolute atomic E-state index is 0.0501. The lowest BCUT2D eigenvalue weighted by molar-refractivity contribution is 0.0930. The van der Waals surface area contributed by atoms with E-state index in [2.05, 4.69) is 27.3 Å². The molecule has 0 radical (unpaired) electrons. The molecule has 0 heterocycles. The molecule has 4 nitrogen and oxygen atoms in total. The Morgan fingerprint density at radius 2 is 2.32 bits per heavy atom. The third kappa shape index (κ3) is 3.07. The number of carbonyl (C=O) groups is 1. The van der Waals surface area contributed by atoms with Crippen molar-refractivity contribution in [1.29, 1.82) is 5.26 Å². The first-order valence-corrected chi connectivity index (χ1v) is 6.99. The van der Waals surface area contributed by atoms with Crippen molar-refractivity contribution in [2.45, 2.75) is 25.3 Å². The SMILES string of the molecule is COc1cc(Br)ccc1C(=O)NC1CCCC1C#N. The van der Waals surface area contributed by atoms with Gasteiger partial charge in [0.25, 0.3) is 5.91 Å². The lowest BCUT2D eigenvalue weighted by atomic mass is 10.1. The molecule has 100 valence electrons. The Morgan fingerprint density at radius 1 is 1.53 bits per heavy atom. The second kappa shape index (κ2) is 6.07. The van der Waals surface area contributed by atoms with Gasteiger partial charge < -0.3 is 10.1 Å². The van der Waals surface area contributed by atoms with Crippen molar-refractivity contribution in [2.75, 3.05) is 7.11 Å². The largest absolute Gasteiger partial charge is 0.496 e. The molecule has 2 unspecified atom stereocenters. The molecule has 1 aromatic rings. The fraction of sp³-hybridized carbons (Fsp3) is 0.429. The second-order valence-electron chi connectivity index (χ2n) is 4.59. The van der Waals surface area contributed by atoms with E-state index in [1.54, 1.807) is 18.2 Å². The first-order valence-electron chi connectivity index (χ1n) is 6.19. The highest BCUT2D eigenvalue weighted by atomic mass is 79.9. The van der Waals surface area contributed by atoms with Gasteiger partial charge in [-0.2, -0.15) is 5.26 Å². The van der Waals surface area contributed by atoms with Crippen LogP contribution in [0.5, 0.6) is 5.75 Å². The van der Waals surface area contributed by atoms with Crippen LogP contribution in [0.4, 0.5) is 0 Å². The summed E-state index contributed by atoms with van der Waals surface area (Å²) in [5.41, 5.74) is 0.495. The van der Waals surface area contributed by atoms with E-state index in [4.69, 9.17) is 10.00 Å². The maximum absolute atomic E-state index is 12.2. The molecule has 5 heteroatoms. The van der Waals surface area contributed by atoms with Gasteiger partial charge in [-0.05, 0) is 37.5 Å². The molecule has 0 saturated heterocycles. The van der Waals surface area contributed by atoms with Gasteiger partial charge in [0.15, 0.2) is 0 Å². The summed E-state index contributed by atoms with van der Waals surface area (Å²) >= 11 is 3.34. The number of halogens is 1. The Labute approximate surface area is 120 Å². The van der Waals surface area contributed by atoms with Crippen LogP contribution in [0.3, 0.4) is 0 Å². The fourth-order valence-corrected chi connectivity index (χ4v) is 2.73. The molecule has 2 rings (SSSR count). The summed E-state index contributed by atoms with van der Waals surface area (Å²) < 4.78 is 6.07. The summed E-state index contributed by atoms with van der Waals surface area (Å²) in [5, 5.41) is 12.0. The summed E-state index contributed by atoms with van der Waals surface area (Å²) in [6, 6.07) is 7.48. The molecule has 1 saturated carbocycles. The van der Waals surface area contributed by atoms with Crippen LogP contribution in [0.25, 0.3) is 0 Å². The topological polar surface area (TPSA) is 62.1 Å². The smallest absolute Gasteiger partial charge is 0.255 e. The van der Waals surface area contributed by atoms with E-state index in [1.807, 2.05) is 0 Å². The number of nitrogens with one attached hydrogen (secondary N) is 1. The minimum Gasteiger partial charge on any atom is -0.496 e. The molecule has 1 aliphatic rings. The molecule has 1 fully saturated rings. The molecule has 0 bridgehead atoms. The normalized spacial score (nSPS) is 21.7. The predicted octanol–water partition coefficient (Wildman–Crippen LogP) is 2.88. The number of carbonyl (C=O) groups excluding carboxylic acids is 1. The van der Waals surface area contributed by atoms with E-state index >= 15 is 0 Å². The zero-order valence-electron chi connectivity index (χ0n) is 10.6. The van der Waals surface area contributed by atoms with Crippen LogP contribution < -0.4 is 10.1 Å². The Hall–Kier alpha value is -1.54. The number of hydrogen-bond donors (Lipinski definition) is 1. The number of benzene rings is 1. The lowest BCUT2D eigenvalue weighted by Gasteiger charge is -2.16. The number of hydrogen-bond acceptors (Lipinski definition) is 3. The van der Waals surface area contributed by atoms with Gasteiger partial charge in [0.05, 0.1) is 24.7 Å². The Kier molecular flexibility index (Phi) is 4.43. The van der Waals surface area contributed by atoms with Gasteiger partial charge in [0, 0.05) is 10.5 Å². The second-order valence-corrected chi connectivity index (χ2v) is 5.51. The number of methoxy groups -OCH3 is 1. The van der Waals surface area contributed by atoms with Crippen molar-refractivity contribution in [3.05, 3.63) is 28.2 Å². The summed E-state index contributed by atoms with van der Waals surface area (Å²) in [5.74, 6) is 0.264. The van der Waals surface area contributed by atoms with Crippen molar-refractivity contribution < 1.29 is 9.53 Å². The van der Waals surface area contributed by atoms with Gasteiger partial charge >= 0.3 is 0 Å². The Bertz CT molecular complexity index is 525. The van der Waals surface area contributed by atoms with Crippen LogP contribution in [0, 0.1) is 17.2 Å². The van der Waals surface area contributed by atoms with Crippen molar-refractivity contribution in [3.63, 3.8) is 0 Å². The van der Waals surface area contributed by atoms with Crippen LogP contribution in [-0.2, 0) is 0 Å². The quantitative estimate of drug-likeness (QED) is 0.930. The van der Waals surface area contributed by atoms with Crippen molar-refractivity contribution in [3.8, 4) is 11.8 Å². The van der Waals surface area contributed by atoms with Crippen LogP contribution in [0.15, 0.2) is 22.7 Å². The molecule has 1 N–H and O–H groups in total. The zero-order valence-corrected chi connectivity index (χ0v) is 12.2. The highest BCUT2D eigenvalue weighted by Gasteiger charge is 2.29. The predicted molar refractivity (Wildman–Crippen MR) is 74.9 cm³/mol. The van der Waals surface area contributed by atoms with Crippen molar-refractivity contribution in [2.24, 2.45) is 5.92 Å². The number of amides is 1. The van der Waals surface area contributed by atoms with Crippen LogP contribution >= 0.6 is 15.9 Å². The molecule has 0 aromatic heterocycles. The number of rotatable bonds is 3. The standard InChI is InChI=1S/C14H15BrN2O2/c1-19-13-7-10(15)5-6-11(13)14(18)17-12-4-2-3-9(12)8-16/h5-7,9,12H,2-4H2,1H3,(H,17,18). The Morgan fingerprint density at radius 3 is 3.00 bits per heavy atom. The molecule has 0 spiro atoms. The molecular formula is C14H15BrN2O2. The monoisotopic (exact) mass is 322 g/mol. The van der Waals surface area contributed by atoms with Gasteiger partial charge in [-0.15, -0.1) is 0 Å². The van der Waals surface area contributed by atoms with E-state index in [9.17, 15) is 4.79 Å². The van der Waals surface area contributed by atoms with Crippen LogP contribution in [0.1, 0.15) is 29.6 Å². The van der Waals surface area contributed by atoms with Gasteiger partial charge in [-0.1, -0.05) is 15.9 Å². The van der Waals surface area contributed by atoms with Crippen molar-refractivity contribution in [1.82, 2.24) is 5.32 Å². The van der Waals surface area contributed by atoms with E-state index in [0.29, 0.717) is 11.3 Å². The molecule has 1 aliphatic carbocycles.